The molecule has 0 aliphatic carbocycles. The van der Waals surface area contributed by atoms with Crippen molar-refractivity contribution in [2.24, 2.45) is 0 Å². The normalized spacial score (nSPS) is 10.1. The lowest BCUT2D eigenvalue weighted by Crippen LogP contribution is -2.07. The fraction of sp³-hybridized carbons (Fsp3) is 0.143. The Labute approximate surface area is 121 Å². The van der Waals surface area contributed by atoms with E-state index in [4.69, 9.17) is 26.8 Å². The monoisotopic (exact) mass is 292 g/mol. The van der Waals surface area contributed by atoms with Crippen LogP contribution in [0.15, 0.2) is 36.5 Å². The van der Waals surface area contributed by atoms with Gasteiger partial charge in [-0.2, -0.15) is 0 Å². The number of hydrogen-bond donors (Lipinski definition) is 1. The molecule has 0 atom stereocenters. The number of methoxy groups -OCH3 is 1. The van der Waals surface area contributed by atoms with E-state index in [9.17, 15) is 4.79 Å². The van der Waals surface area contributed by atoms with Gasteiger partial charge in [0.25, 0.3) is 0 Å². The molecule has 0 aliphatic heterocycles. The van der Waals surface area contributed by atoms with E-state index < -0.39 is 5.97 Å². The average Bonchev–Trinajstić information content (AvgIpc) is 2.45. The topological polar surface area (TPSA) is 74.4 Å². The van der Waals surface area contributed by atoms with Crippen molar-refractivity contribution in [2.75, 3.05) is 12.8 Å². The highest BCUT2D eigenvalue weighted by atomic mass is 35.5. The van der Waals surface area contributed by atoms with E-state index in [-0.39, 0.29) is 17.2 Å². The Morgan fingerprint density at radius 1 is 1.40 bits per heavy atom. The number of nitrogens with two attached hydrogens (primary N) is 1. The summed E-state index contributed by atoms with van der Waals surface area (Å²) < 4.78 is 10.3. The van der Waals surface area contributed by atoms with Gasteiger partial charge in [0, 0.05) is 11.9 Å². The number of carbonyl (C=O) groups excluding carboxylic acids is 1. The zero-order valence-electron chi connectivity index (χ0n) is 10.8. The molecule has 2 rings (SSSR count). The number of pyridine rings is 1. The highest BCUT2D eigenvalue weighted by Crippen LogP contribution is 2.21. The van der Waals surface area contributed by atoms with Crippen molar-refractivity contribution in [1.29, 1.82) is 0 Å². The Kier molecular flexibility index (Phi) is 4.42. The third-order valence-corrected chi connectivity index (χ3v) is 2.93. The molecule has 1 aromatic heterocycles. The fourth-order valence-corrected chi connectivity index (χ4v) is 1.90. The van der Waals surface area contributed by atoms with Crippen LogP contribution in [0.1, 0.15) is 15.9 Å². The number of rotatable bonds is 4. The van der Waals surface area contributed by atoms with Crippen LogP contribution < -0.4 is 10.5 Å². The van der Waals surface area contributed by atoms with Crippen molar-refractivity contribution < 1.29 is 14.3 Å². The van der Waals surface area contributed by atoms with Gasteiger partial charge in [-0.1, -0.05) is 11.6 Å². The maximum absolute atomic E-state index is 11.9. The number of halogens is 1. The highest BCUT2D eigenvalue weighted by Gasteiger charge is 2.13. The molecule has 1 aromatic carbocycles. The molecule has 0 amide bonds. The second kappa shape index (κ2) is 6.25. The first-order valence-corrected chi connectivity index (χ1v) is 6.19. The molecule has 5 nitrogen and oxygen atoms in total. The molecule has 0 aliphatic rings. The Bertz CT molecular complexity index is 632. The van der Waals surface area contributed by atoms with E-state index in [1.165, 1.54) is 19.2 Å². The molecule has 0 saturated carbocycles. The van der Waals surface area contributed by atoms with Gasteiger partial charge in [-0.3, -0.25) is 0 Å². The number of benzene rings is 1. The van der Waals surface area contributed by atoms with Crippen molar-refractivity contribution in [3.63, 3.8) is 0 Å². The van der Waals surface area contributed by atoms with Crippen molar-refractivity contribution in [1.82, 2.24) is 4.98 Å². The van der Waals surface area contributed by atoms with Gasteiger partial charge >= 0.3 is 5.97 Å². The second-order valence-electron chi connectivity index (χ2n) is 3.99. The number of anilines is 1. The van der Waals surface area contributed by atoms with Crippen molar-refractivity contribution in [2.45, 2.75) is 6.61 Å². The quantitative estimate of drug-likeness (QED) is 0.693. The Morgan fingerprint density at radius 2 is 2.20 bits per heavy atom. The van der Waals surface area contributed by atoms with Gasteiger partial charge in [-0.15, -0.1) is 0 Å². The van der Waals surface area contributed by atoms with E-state index in [0.717, 1.165) is 0 Å². The van der Waals surface area contributed by atoms with Crippen LogP contribution in [-0.2, 0) is 11.3 Å². The summed E-state index contributed by atoms with van der Waals surface area (Å²) in [6.45, 7) is 0.0521. The zero-order valence-corrected chi connectivity index (χ0v) is 11.6. The lowest BCUT2D eigenvalue weighted by molar-refractivity contribution is 0.0470. The van der Waals surface area contributed by atoms with Crippen LogP contribution in [0.3, 0.4) is 0 Å². The van der Waals surface area contributed by atoms with E-state index in [2.05, 4.69) is 4.98 Å². The molecule has 104 valence electrons. The predicted molar refractivity (Wildman–Crippen MR) is 75.8 cm³/mol. The zero-order chi connectivity index (χ0) is 14.5. The highest BCUT2D eigenvalue weighted by molar-refractivity contribution is 6.33. The van der Waals surface area contributed by atoms with E-state index in [1.54, 1.807) is 24.4 Å². The summed E-state index contributed by atoms with van der Waals surface area (Å²) >= 11 is 5.95. The maximum atomic E-state index is 11.9. The van der Waals surface area contributed by atoms with Gasteiger partial charge < -0.3 is 15.2 Å². The lowest BCUT2D eigenvalue weighted by atomic mass is 10.2. The largest absolute Gasteiger partial charge is 0.481 e. The molecule has 2 aromatic rings. The first-order chi connectivity index (χ1) is 9.61. The van der Waals surface area contributed by atoms with E-state index >= 15 is 0 Å². The minimum Gasteiger partial charge on any atom is -0.481 e. The molecule has 2 N–H and O–H groups in total. The van der Waals surface area contributed by atoms with Gasteiger partial charge in [-0.05, 0) is 30.3 Å². The average molecular weight is 293 g/mol. The molecular weight excluding hydrogens is 280 g/mol. The van der Waals surface area contributed by atoms with Gasteiger partial charge in [-0.25, -0.2) is 9.78 Å². The lowest BCUT2D eigenvalue weighted by Gasteiger charge is -2.09. The number of esters is 1. The minimum absolute atomic E-state index is 0.0521. The SMILES string of the molecule is COc1ncccc1COC(=O)c1ccc(N)cc1Cl. The van der Waals surface area contributed by atoms with Crippen molar-refractivity contribution in [3.8, 4) is 5.88 Å². The van der Waals surface area contributed by atoms with E-state index in [0.29, 0.717) is 17.1 Å². The van der Waals surface area contributed by atoms with Gasteiger partial charge in [0.1, 0.15) is 6.61 Å². The molecule has 0 spiro atoms. The number of hydrogen-bond acceptors (Lipinski definition) is 5. The summed E-state index contributed by atoms with van der Waals surface area (Å²) in [6, 6.07) is 8.13. The number of ether oxygens (including phenoxy) is 2. The van der Waals surface area contributed by atoms with Gasteiger partial charge in [0.2, 0.25) is 5.88 Å². The van der Waals surface area contributed by atoms with Crippen LogP contribution in [0, 0.1) is 0 Å². The van der Waals surface area contributed by atoms with Crippen LogP contribution in [0.25, 0.3) is 0 Å². The summed E-state index contributed by atoms with van der Waals surface area (Å²) in [4.78, 5) is 16.0. The van der Waals surface area contributed by atoms with Gasteiger partial charge in [0.05, 0.1) is 23.3 Å². The molecule has 0 bridgehead atoms. The van der Waals surface area contributed by atoms with Crippen LogP contribution in [-0.4, -0.2) is 18.1 Å². The first-order valence-electron chi connectivity index (χ1n) is 5.82. The minimum atomic E-state index is -0.527. The number of nitrogens with zero attached hydrogens (tertiary/aromatic N) is 1. The third-order valence-electron chi connectivity index (χ3n) is 2.62. The van der Waals surface area contributed by atoms with Crippen molar-refractivity contribution in [3.05, 3.63) is 52.7 Å². The summed E-state index contributed by atoms with van der Waals surface area (Å²) in [5, 5.41) is 0.258. The predicted octanol–water partition coefficient (Wildman–Crippen LogP) is 2.68. The number of aromatic nitrogens is 1. The molecule has 0 radical (unpaired) electrons. The van der Waals surface area contributed by atoms with E-state index in [1.807, 2.05) is 0 Å². The summed E-state index contributed by atoms with van der Waals surface area (Å²) in [7, 11) is 1.50. The maximum Gasteiger partial charge on any atom is 0.339 e. The van der Waals surface area contributed by atoms with Crippen LogP contribution >= 0.6 is 11.6 Å². The number of carbonyl (C=O) groups is 1. The molecule has 0 unspecified atom stereocenters. The molecule has 20 heavy (non-hydrogen) atoms. The van der Waals surface area contributed by atoms with Crippen LogP contribution in [0.5, 0.6) is 5.88 Å². The molecule has 1 heterocycles. The molecule has 0 saturated heterocycles. The third kappa shape index (κ3) is 3.19. The van der Waals surface area contributed by atoms with Crippen LogP contribution in [0.4, 0.5) is 5.69 Å². The Hall–Kier alpha value is -2.27. The van der Waals surface area contributed by atoms with Crippen LogP contribution in [0.2, 0.25) is 5.02 Å². The summed E-state index contributed by atoms with van der Waals surface area (Å²) in [6.07, 6.45) is 1.60. The first kappa shape index (κ1) is 14.1. The second-order valence-corrected chi connectivity index (χ2v) is 4.39. The number of nitrogen functional groups attached to an aromatic ring is 1. The Balaban J connectivity index is 2.09. The fourth-order valence-electron chi connectivity index (χ4n) is 1.64. The summed E-state index contributed by atoms with van der Waals surface area (Å²) in [5.41, 5.74) is 7.00. The van der Waals surface area contributed by atoms with Gasteiger partial charge in [0.15, 0.2) is 0 Å². The smallest absolute Gasteiger partial charge is 0.339 e. The standard InChI is InChI=1S/C14H13ClN2O3/c1-19-13-9(3-2-6-17-13)8-20-14(18)11-5-4-10(16)7-12(11)15/h2-7H,8,16H2,1H3. The molecule has 0 fully saturated rings. The Morgan fingerprint density at radius 3 is 2.90 bits per heavy atom. The summed E-state index contributed by atoms with van der Waals surface area (Å²) in [5.74, 6) is -0.107. The molecule has 6 heteroatoms. The molecular formula is C14H13ClN2O3. The van der Waals surface area contributed by atoms with Crippen molar-refractivity contribution >= 4 is 23.3 Å².